The number of nitrogens with one attached hydrogen (secondary N) is 2. The predicted octanol–water partition coefficient (Wildman–Crippen LogP) is 6.42. The summed E-state index contributed by atoms with van der Waals surface area (Å²) < 4.78 is 0. The zero-order chi connectivity index (χ0) is 23.9. The summed E-state index contributed by atoms with van der Waals surface area (Å²) in [5, 5.41) is 10.5. The molecule has 2 amide bonds. The van der Waals surface area contributed by atoms with Crippen LogP contribution in [0.1, 0.15) is 37.8 Å². The predicted molar refractivity (Wildman–Crippen MR) is 140 cm³/mol. The standard InChI is InChI=1S/C26H26N4O2S2/c1-3-17-5-9-19(10-6-17)21-15-33-25(27-21)29-23(31)13-14-24(32)30-26-28-22(16-34-26)20-11-7-18(4-2)8-12-20/h5-12,15-16H,3-4,13-14H2,1-2H3,(H,27,29,31)(H,28,30,32). The van der Waals surface area contributed by atoms with E-state index in [1.165, 1.54) is 33.8 Å². The van der Waals surface area contributed by atoms with Crippen molar-refractivity contribution in [2.45, 2.75) is 39.5 Å². The van der Waals surface area contributed by atoms with E-state index in [-0.39, 0.29) is 24.7 Å². The lowest BCUT2D eigenvalue weighted by Gasteiger charge is -2.03. The van der Waals surface area contributed by atoms with E-state index in [9.17, 15) is 9.59 Å². The minimum absolute atomic E-state index is 0.0721. The summed E-state index contributed by atoms with van der Waals surface area (Å²) >= 11 is 2.74. The molecule has 0 aliphatic carbocycles. The molecule has 2 N–H and O–H groups in total. The summed E-state index contributed by atoms with van der Waals surface area (Å²) in [4.78, 5) is 33.6. The molecule has 34 heavy (non-hydrogen) atoms. The number of carbonyl (C=O) groups is 2. The van der Waals surface area contributed by atoms with Crippen molar-refractivity contribution < 1.29 is 9.59 Å². The van der Waals surface area contributed by atoms with Gasteiger partial charge in [-0.25, -0.2) is 9.97 Å². The normalized spacial score (nSPS) is 10.8. The quantitative estimate of drug-likeness (QED) is 0.284. The Morgan fingerprint density at radius 2 is 1.06 bits per heavy atom. The van der Waals surface area contributed by atoms with E-state index >= 15 is 0 Å². The van der Waals surface area contributed by atoms with E-state index in [4.69, 9.17) is 0 Å². The Morgan fingerprint density at radius 3 is 1.41 bits per heavy atom. The third kappa shape index (κ3) is 6.15. The molecule has 4 rings (SSSR count). The van der Waals surface area contributed by atoms with Crippen LogP contribution in [0.5, 0.6) is 0 Å². The SMILES string of the molecule is CCc1ccc(-c2csc(NC(=O)CCC(=O)Nc3nc(-c4ccc(CC)cc4)cs3)n2)cc1. The molecule has 0 fully saturated rings. The van der Waals surface area contributed by atoms with Gasteiger partial charge < -0.3 is 10.6 Å². The van der Waals surface area contributed by atoms with E-state index < -0.39 is 0 Å². The molecule has 6 nitrogen and oxygen atoms in total. The van der Waals surface area contributed by atoms with Gasteiger partial charge in [0, 0.05) is 34.7 Å². The molecule has 0 atom stereocenters. The Bertz CT molecular complexity index is 1160. The topological polar surface area (TPSA) is 84.0 Å². The number of benzene rings is 2. The van der Waals surface area contributed by atoms with Crippen LogP contribution >= 0.6 is 22.7 Å². The molecular formula is C26H26N4O2S2. The van der Waals surface area contributed by atoms with Gasteiger partial charge in [-0.3, -0.25) is 9.59 Å². The average molecular weight is 491 g/mol. The lowest BCUT2D eigenvalue weighted by Crippen LogP contribution is -2.17. The van der Waals surface area contributed by atoms with Crippen LogP contribution in [0.25, 0.3) is 22.5 Å². The van der Waals surface area contributed by atoms with Gasteiger partial charge in [-0.15, -0.1) is 22.7 Å². The Hall–Kier alpha value is -3.36. The second-order valence-corrected chi connectivity index (χ2v) is 9.49. The number of hydrogen-bond acceptors (Lipinski definition) is 6. The van der Waals surface area contributed by atoms with Crippen molar-refractivity contribution in [3.63, 3.8) is 0 Å². The average Bonchev–Trinajstić information content (AvgIpc) is 3.53. The van der Waals surface area contributed by atoms with Crippen LogP contribution in [0.3, 0.4) is 0 Å². The number of amides is 2. The molecular weight excluding hydrogens is 464 g/mol. The molecule has 174 valence electrons. The number of aryl methyl sites for hydroxylation is 2. The van der Waals surface area contributed by atoms with Crippen LogP contribution < -0.4 is 10.6 Å². The van der Waals surface area contributed by atoms with Gasteiger partial charge in [0.25, 0.3) is 0 Å². The highest BCUT2D eigenvalue weighted by Gasteiger charge is 2.12. The molecule has 0 radical (unpaired) electrons. The zero-order valence-corrected chi connectivity index (χ0v) is 20.8. The third-order valence-electron chi connectivity index (χ3n) is 5.40. The van der Waals surface area contributed by atoms with Gasteiger partial charge >= 0.3 is 0 Å². The van der Waals surface area contributed by atoms with Crippen molar-refractivity contribution in [1.29, 1.82) is 0 Å². The first-order valence-electron chi connectivity index (χ1n) is 11.2. The molecule has 2 heterocycles. The van der Waals surface area contributed by atoms with Crippen molar-refractivity contribution in [3.8, 4) is 22.5 Å². The van der Waals surface area contributed by atoms with Crippen LogP contribution in [-0.4, -0.2) is 21.8 Å². The van der Waals surface area contributed by atoms with Gasteiger partial charge in [-0.1, -0.05) is 62.4 Å². The number of hydrogen-bond donors (Lipinski definition) is 2. The molecule has 2 aromatic carbocycles. The number of rotatable bonds is 9. The molecule has 0 aliphatic rings. The molecule has 0 aliphatic heterocycles. The van der Waals surface area contributed by atoms with Gasteiger partial charge in [0.1, 0.15) is 0 Å². The van der Waals surface area contributed by atoms with Crippen LogP contribution in [-0.2, 0) is 22.4 Å². The van der Waals surface area contributed by atoms with Crippen LogP contribution in [0, 0.1) is 0 Å². The van der Waals surface area contributed by atoms with E-state index in [1.807, 2.05) is 35.0 Å². The second kappa shape index (κ2) is 11.2. The largest absolute Gasteiger partial charge is 0.302 e. The first-order valence-corrected chi connectivity index (χ1v) is 13.0. The van der Waals surface area contributed by atoms with E-state index in [1.54, 1.807) is 0 Å². The maximum Gasteiger partial charge on any atom is 0.226 e. The van der Waals surface area contributed by atoms with Crippen LogP contribution in [0.4, 0.5) is 10.3 Å². The smallest absolute Gasteiger partial charge is 0.226 e. The summed E-state index contributed by atoms with van der Waals surface area (Å²) in [5.74, 6) is -0.485. The molecule has 0 spiro atoms. The first-order chi connectivity index (χ1) is 16.5. The lowest BCUT2D eigenvalue weighted by molar-refractivity contribution is -0.121. The number of carbonyl (C=O) groups excluding carboxylic acids is 2. The van der Waals surface area contributed by atoms with Crippen LogP contribution in [0.15, 0.2) is 59.3 Å². The fourth-order valence-corrected chi connectivity index (χ4v) is 4.81. The number of thiazole rings is 2. The van der Waals surface area contributed by atoms with Crippen molar-refractivity contribution in [3.05, 3.63) is 70.4 Å². The first kappa shape index (κ1) is 23.8. The fraction of sp³-hybridized carbons (Fsp3) is 0.231. The molecule has 2 aromatic heterocycles. The molecule has 0 unspecified atom stereocenters. The van der Waals surface area contributed by atoms with Gasteiger partial charge in [0.05, 0.1) is 11.4 Å². The third-order valence-corrected chi connectivity index (χ3v) is 6.91. The molecule has 4 aromatic rings. The summed E-state index contributed by atoms with van der Waals surface area (Å²) in [6.45, 7) is 4.23. The summed E-state index contributed by atoms with van der Waals surface area (Å²) in [5.41, 5.74) is 6.21. The molecule has 0 bridgehead atoms. The maximum atomic E-state index is 12.3. The van der Waals surface area contributed by atoms with E-state index in [2.05, 4.69) is 58.7 Å². The molecule has 8 heteroatoms. The van der Waals surface area contributed by atoms with Gasteiger partial charge in [0.15, 0.2) is 10.3 Å². The van der Waals surface area contributed by atoms with Gasteiger partial charge in [-0.05, 0) is 24.0 Å². The summed E-state index contributed by atoms with van der Waals surface area (Å²) in [7, 11) is 0. The Kier molecular flexibility index (Phi) is 7.82. The maximum absolute atomic E-state index is 12.3. The molecule has 0 saturated carbocycles. The minimum atomic E-state index is -0.242. The highest BCUT2D eigenvalue weighted by Crippen LogP contribution is 2.27. The van der Waals surface area contributed by atoms with Crippen molar-refractivity contribution in [2.75, 3.05) is 10.6 Å². The second-order valence-electron chi connectivity index (χ2n) is 7.77. The Balaban J connectivity index is 1.25. The highest BCUT2D eigenvalue weighted by molar-refractivity contribution is 7.14. The molecule has 0 saturated heterocycles. The Labute approximate surface area is 207 Å². The van der Waals surface area contributed by atoms with Crippen molar-refractivity contribution in [2.24, 2.45) is 0 Å². The number of nitrogens with zero attached hydrogens (tertiary/aromatic N) is 2. The monoisotopic (exact) mass is 490 g/mol. The minimum Gasteiger partial charge on any atom is -0.302 e. The lowest BCUT2D eigenvalue weighted by atomic mass is 10.1. The number of aromatic nitrogens is 2. The summed E-state index contributed by atoms with van der Waals surface area (Å²) in [6, 6.07) is 16.5. The zero-order valence-electron chi connectivity index (χ0n) is 19.1. The Morgan fingerprint density at radius 1 is 0.676 bits per heavy atom. The fourth-order valence-electron chi connectivity index (χ4n) is 3.34. The van der Waals surface area contributed by atoms with E-state index in [0.717, 1.165) is 35.4 Å². The summed E-state index contributed by atoms with van der Waals surface area (Å²) in [6.07, 6.45) is 2.12. The highest BCUT2D eigenvalue weighted by atomic mass is 32.1. The van der Waals surface area contributed by atoms with Gasteiger partial charge in [-0.2, -0.15) is 0 Å². The van der Waals surface area contributed by atoms with Crippen molar-refractivity contribution >= 4 is 44.8 Å². The van der Waals surface area contributed by atoms with E-state index in [0.29, 0.717) is 10.3 Å². The van der Waals surface area contributed by atoms with Crippen LogP contribution in [0.2, 0.25) is 0 Å². The van der Waals surface area contributed by atoms with Gasteiger partial charge in [0.2, 0.25) is 11.8 Å². The van der Waals surface area contributed by atoms with Crippen molar-refractivity contribution in [1.82, 2.24) is 9.97 Å². The number of anilines is 2.